The van der Waals surface area contributed by atoms with Crippen molar-refractivity contribution in [3.63, 3.8) is 0 Å². The molecule has 0 amide bonds. The normalized spacial score (nSPS) is 11.4. The van der Waals surface area contributed by atoms with Gasteiger partial charge in [-0.3, -0.25) is 0 Å². The van der Waals surface area contributed by atoms with Crippen LogP contribution in [-0.2, 0) is 6.42 Å². The molecule has 2 aromatic carbocycles. The number of aryl methyl sites for hydroxylation is 1. The minimum atomic E-state index is 0.897. The third kappa shape index (κ3) is 2.32. The average Bonchev–Trinajstić information content (AvgIpc) is 2.85. The van der Waals surface area contributed by atoms with Gasteiger partial charge in [0.05, 0.1) is 0 Å². The zero-order chi connectivity index (χ0) is 15.1. The van der Waals surface area contributed by atoms with Crippen LogP contribution in [0.15, 0.2) is 59.1 Å². The Labute approximate surface area is 137 Å². The van der Waals surface area contributed by atoms with E-state index in [2.05, 4.69) is 76.4 Å². The summed E-state index contributed by atoms with van der Waals surface area (Å²) in [5, 5.41) is 2.44. The molecule has 2 nitrogen and oxygen atoms in total. The molecule has 0 atom stereocenters. The van der Waals surface area contributed by atoms with Crippen molar-refractivity contribution in [2.24, 2.45) is 0 Å². The topological polar surface area (TPSA) is 28.7 Å². The van der Waals surface area contributed by atoms with Crippen molar-refractivity contribution in [1.29, 1.82) is 0 Å². The Morgan fingerprint density at radius 2 is 1.86 bits per heavy atom. The van der Waals surface area contributed by atoms with Crippen LogP contribution >= 0.6 is 15.9 Å². The first kappa shape index (κ1) is 13.5. The molecule has 0 radical (unpaired) electrons. The summed E-state index contributed by atoms with van der Waals surface area (Å²) >= 11 is 3.54. The van der Waals surface area contributed by atoms with E-state index in [-0.39, 0.29) is 0 Å². The number of pyridine rings is 1. The maximum atomic E-state index is 4.76. The first-order valence-electron chi connectivity index (χ1n) is 7.32. The van der Waals surface area contributed by atoms with Crippen LogP contribution in [0.4, 0.5) is 0 Å². The molecule has 22 heavy (non-hydrogen) atoms. The number of nitrogens with zero attached hydrogens (tertiary/aromatic N) is 1. The lowest BCUT2D eigenvalue weighted by Gasteiger charge is -2.06. The van der Waals surface area contributed by atoms with Crippen LogP contribution in [0.3, 0.4) is 0 Å². The minimum Gasteiger partial charge on any atom is -0.339 e. The van der Waals surface area contributed by atoms with Crippen molar-refractivity contribution >= 4 is 37.9 Å². The number of aromatic nitrogens is 2. The fraction of sp³-hybridized carbons (Fsp3) is 0.105. The number of para-hydroxylation sites is 1. The predicted molar refractivity (Wildman–Crippen MR) is 95.3 cm³/mol. The smallest absolute Gasteiger partial charge is 0.138 e. The molecule has 0 bridgehead atoms. The monoisotopic (exact) mass is 350 g/mol. The second-order valence-electron chi connectivity index (χ2n) is 5.61. The Morgan fingerprint density at radius 3 is 2.73 bits per heavy atom. The first-order chi connectivity index (χ1) is 10.7. The molecule has 2 aromatic heterocycles. The molecule has 0 unspecified atom stereocenters. The summed E-state index contributed by atoms with van der Waals surface area (Å²) in [6.07, 6.45) is 0.897. The Hall–Kier alpha value is -2.13. The highest BCUT2D eigenvalue weighted by molar-refractivity contribution is 9.10. The second-order valence-corrected chi connectivity index (χ2v) is 6.52. The molecule has 0 saturated heterocycles. The van der Waals surface area contributed by atoms with Gasteiger partial charge in [0.1, 0.15) is 5.65 Å². The Kier molecular flexibility index (Phi) is 3.23. The van der Waals surface area contributed by atoms with Gasteiger partial charge >= 0.3 is 0 Å². The van der Waals surface area contributed by atoms with E-state index in [4.69, 9.17) is 4.98 Å². The summed E-state index contributed by atoms with van der Waals surface area (Å²) in [5.74, 6) is 0. The summed E-state index contributed by atoms with van der Waals surface area (Å²) in [4.78, 5) is 8.16. The van der Waals surface area contributed by atoms with Gasteiger partial charge < -0.3 is 4.98 Å². The summed E-state index contributed by atoms with van der Waals surface area (Å²) in [7, 11) is 0. The van der Waals surface area contributed by atoms with Gasteiger partial charge in [-0.2, -0.15) is 0 Å². The van der Waals surface area contributed by atoms with E-state index in [9.17, 15) is 0 Å². The number of fused-ring (bicyclic) bond motifs is 3. The lowest BCUT2D eigenvalue weighted by molar-refractivity contribution is 1.10. The molecule has 0 aliphatic rings. The molecule has 108 valence electrons. The molecular formula is C19H15BrN2. The van der Waals surface area contributed by atoms with E-state index in [1.165, 1.54) is 21.9 Å². The summed E-state index contributed by atoms with van der Waals surface area (Å²) in [5.41, 5.74) is 5.76. The van der Waals surface area contributed by atoms with Crippen LogP contribution in [0.25, 0.3) is 21.9 Å². The maximum Gasteiger partial charge on any atom is 0.138 e. The molecule has 3 heteroatoms. The summed E-state index contributed by atoms with van der Waals surface area (Å²) in [6, 6.07) is 19.1. The van der Waals surface area contributed by atoms with Crippen LogP contribution in [0.2, 0.25) is 0 Å². The Bertz CT molecular complexity index is 985. The fourth-order valence-corrected chi connectivity index (χ4v) is 3.39. The van der Waals surface area contributed by atoms with Gasteiger partial charge in [-0.1, -0.05) is 46.3 Å². The highest BCUT2D eigenvalue weighted by Gasteiger charge is 2.09. The SMILES string of the molecule is Cc1nc2[nH]c3ccccc3c2cc1Cc1cccc(Br)c1. The summed E-state index contributed by atoms with van der Waals surface area (Å²) in [6.45, 7) is 2.08. The molecule has 0 saturated carbocycles. The van der Waals surface area contributed by atoms with Crippen LogP contribution in [0.5, 0.6) is 0 Å². The van der Waals surface area contributed by atoms with Crippen molar-refractivity contribution < 1.29 is 0 Å². The molecule has 1 N–H and O–H groups in total. The molecule has 4 rings (SSSR count). The number of aromatic amines is 1. The van der Waals surface area contributed by atoms with Gasteiger partial charge in [-0.05, 0) is 48.7 Å². The highest BCUT2D eigenvalue weighted by Crippen LogP contribution is 2.27. The third-order valence-corrected chi connectivity index (χ3v) is 4.57. The zero-order valence-corrected chi connectivity index (χ0v) is 13.8. The van der Waals surface area contributed by atoms with E-state index in [0.29, 0.717) is 0 Å². The Morgan fingerprint density at radius 1 is 1.00 bits per heavy atom. The van der Waals surface area contributed by atoms with Crippen LogP contribution in [0.1, 0.15) is 16.8 Å². The molecule has 0 aliphatic heterocycles. The number of hydrogen-bond acceptors (Lipinski definition) is 1. The lowest BCUT2D eigenvalue weighted by Crippen LogP contribution is -1.95. The van der Waals surface area contributed by atoms with E-state index in [1.54, 1.807) is 0 Å². The molecule has 4 aromatic rings. The number of rotatable bonds is 2. The standard InChI is InChI=1S/C19H15BrN2/c1-12-14(9-13-5-4-6-15(20)10-13)11-17-16-7-2-3-8-18(16)22-19(17)21-12/h2-8,10-11H,9H2,1H3,(H,21,22). The fourth-order valence-electron chi connectivity index (χ4n) is 2.95. The molecule has 2 heterocycles. The van der Waals surface area contributed by atoms with Crippen LogP contribution in [0, 0.1) is 6.92 Å². The van der Waals surface area contributed by atoms with Crippen LogP contribution < -0.4 is 0 Å². The number of halogens is 1. The lowest BCUT2D eigenvalue weighted by atomic mass is 10.0. The summed E-state index contributed by atoms with van der Waals surface area (Å²) < 4.78 is 1.11. The van der Waals surface area contributed by atoms with E-state index in [0.717, 1.165) is 27.8 Å². The highest BCUT2D eigenvalue weighted by atomic mass is 79.9. The zero-order valence-electron chi connectivity index (χ0n) is 12.2. The molecule has 0 aliphatic carbocycles. The quantitative estimate of drug-likeness (QED) is 0.516. The van der Waals surface area contributed by atoms with Crippen molar-refractivity contribution in [3.8, 4) is 0 Å². The van der Waals surface area contributed by atoms with E-state index < -0.39 is 0 Å². The minimum absolute atomic E-state index is 0.897. The van der Waals surface area contributed by atoms with Gasteiger partial charge in [-0.25, -0.2) is 4.98 Å². The molecular weight excluding hydrogens is 336 g/mol. The largest absolute Gasteiger partial charge is 0.339 e. The van der Waals surface area contributed by atoms with Gasteiger partial charge in [0.15, 0.2) is 0 Å². The number of benzene rings is 2. The van der Waals surface area contributed by atoms with Gasteiger partial charge in [0.25, 0.3) is 0 Å². The Balaban J connectivity index is 1.86. The maximum absolute atomic E-state index is 4.76. The van der Waals surface area contributed by atoms with Crippen molar-refractivity contribution in [1.82, 2.24) is 9.97 Å². The van der Waals surface area contributed by atoms with Crippen molar-refractivity contribution in [3.05, 3.63) is 75.9 Å². The average molecular weight is 351 g/mol. The first-order valence-corrected chi connectivity index (χ1v) is 8.11. The molecule has 0 fully saturated rings. The van der Waals surface area contributed by atoms with Crippen molar-refractivity contribution in [2.75, 3.05) is 0 Å². The van der Waals surface area contributed by atoms with Crippen molar-refractivity contribution in [2.45, 2.75) is 13.3 Å². The predicted octanol–water partition coefficient (Wildman–Crippen LogP) is 5.38. The number of H-pyrrole nitrogens is 1. The van der Waals surface area contributed by atoms with Gasteiger partial charge in [-0.15, -0.1) is 0 Å². The molecule has 0 spiro atoms. The van der Waals surface area contributed by atoms with Gasteiger partial charge in [0, 0.05) is 26.5 Å². The van der Waals surface area contributed by atoms with Gasteiger partial charge in [0.2, 0.25) is 0 Å². The second kappa shape index (κ2) is 5.25. The van der Waals surface area contributed by atoms with Crippen LogP contribution in [-0.4, -0.2) is 9.97 Å². The number of hydrogen-bond donors (Lipinski definition) is 1. The van der Waals surface area contributed by atoms with E-state index >= 15 is 0 Å². The third-order valence-electron chi connectivity index (χ3n) is 4.07. The van der Waals surface area contributed by atoms with E-state index in [1.807, 2.05) is 6.07 Å². The number of nitrogens with one attached hydrogen (secondary N) is 1.